The number of anilines is 1. The first-order valence-electron chi connectivity index (χ1n) is 10.4. The number of hydrogen-bond acceptors (Lipinski definition) is 6. The van der Waals surface area contributed by atoms with Crippen molar-refractivity contribution in [3.05, 3.63) is 24.4 Å². The Morgan fingerprint density at radius 3 is 2.76 bits per heavy atom. The van der Waals surface area contributed by atoms with Crippen LogP contribution >= 0.6 is 0 Å². The van der Waals surface area contributed by atoms with Crippen molar-refractivity contribution in [1.82, 2.24) is 14.8 Å². The van der Waals surface area contributed by atoms with Gasteiger partial charge in [-0.05, 0) is 25.0 Å². The Morgan fingerprint density at radius 1 is 1.21 bits per heavy atom. The predicted molar refractivity (Wildman–Crippen MR) is 107 cm³/mol. The monoisotopic (exact) mass is 402 g/mol. The minimum Gasteiger partial charge on any atom is -0.378 e. The summed E-state index contributed by atoms with van der Waals surface area (Å²) in [5.41, 5.74) is -0.489. The first-order chi connectivity index (χ1) is 14.1. The maximum atomic E-state index is 13.8. The molecule has 0 spiro atoms. The lowest BCUT2D eigenvalue weighted by molar-refractivity contribution is -0.148. The number of methoxy groups -OCH3 is 1. The molecule has 2 amide bonds. The number of aromatic nitrogens is 1. The standard InChI is InChI=1S/C21H30N4O4/c1-28-15-19(26)24-8-4-6-21(20(27)23-9-11-29-12-10-23)16-25(14-17(21)13-24)18-5-2-3-7-22-18/h2-3,5,7,17H,4,6,8-16H2,1H3/t17-,21-/m1/s1. The third-order valence-corrected chi connectivity index (χ3v) is 6.50. The molecule has 0 N–H and O–H groups in total. The number of hydrogen-bond donors (Lipinski definition) is 0. The van der Waals surface area contributed by atoms with Crippen molar-refractivity contribution < 1.29 is 19.1 Å². The van der Waals surface area contributed by atoms with E-state index in [2.05, 4.69) is 9.88 Å². The quantitative estimate of drug-likeness (QED) is 0.736. The van der Waals surface area contributed by atoms with Crippen molar-refractivity contribution >= 4 is 17.6 Å². The summed E-state index contributed by atoms with van der Waals surface area (Å²) in [6.45, 7) is 5.19. The Balaban J connectivity index is 1.62. The van der Waals surface area contributed by atoms with Crippen LogP contribution in [0.1, 0.15) is 12.8 Å². The predicted octanol–water partition coefficient (Wildman–Crippen LogP) is 0.632. The summed E-state index contributed by atoms with van der Waals surface area (Å²) in [5, 5.41) is 0. The molecule has 0 unspecified atom stereocenters. The van der Waals surface area contributed by atoms with E-state index in [0.29, 0.717) is 45.9 Å². The smallest absolute Gasteiger partial charge is 0.248 e. The van der Waals surface area contributed by atoms with E-state index >= 15 is 0 Å². The van der Waals surface area contributed by atoms with Gasteiger partial charge in [0.15, 0.2) is 0 Å². The first-order valence-corrected chi connectivity index (χ1v) is 10.4. The molecule has 8 nitrogen and oxygen atoms in total. The fourth-order valence-corrected chi connectivity index (χ4v) is 5.02. The lowest BCUT2D eigenvalue weighted by Crippen LogP contribution is -2.53. The zero-order chi connectivity index (χ0) is 20.3. The number of fused-ring (bicyclic) bond motifs is 1. The van der Waals surface area contributed by atoms with Gasteiger partial charge in [0, 0.05) is 58.5 Å². The number of rotatable bonds is 4. The van der Waals surface area contributed by atoms with Crippen LogP contribution in [0.5, 0.6) is 0 Å². The Bertz CT molecular complexity index is 725. The van der Waals surface area contributed by atoms with Crippen LogP contribution in [0.25, 0.3) is 0 Å². The lowest BCUT2D eigenvalue weighted by Gasteiger charge is -2.38. The van der Waals surface area contributed by atoms with Gasteiger partial charge in [-0.1, -0.05) is 6.07 Å². The molecule has 0 aromatic carbocycles. The van der Waals surface area contributed by atoms with E-state index in [1.54, 1.807) is 13.3 Å². The summed E-state index contributed by atoms with van der Waals surface area (Å²) in [5.74, 6) is 1.18. The van der Waals surface area contributed by atoms with E-state index in [-0.39, 0.29) is 24.3 Å². The Kier molecular flexibility index (Phi) is 6.01. The SMILES string of the molecule is COCC(=O)N1CCC[C@@]2(C(=O)N3CCOCC3)CN(c3ccccn3)C[C@H]2C1. The molecule has 0 bridgehead atoms. The average molecular weight is 402 g/mol. The van der Waals surface area contributed by atoms with E-state index in [1.807, 2.05) is 28.0 Å². The number of morpholine rings is 1. The third kappa shape index (κ3) is 3.96. The summed E-state index contributed by atoms with van der Waals surface area (Å²) in [7, 11) is 1.54. The summed E-state index contributed by atoms with van der Waals surface area (Å²) in [6, 6.07) is 5.87. The van der Waals surface area contributed by atoms with Crippen molar-refractivity contribution in [2.45, 2.75) is 12.8 Å². The Labute approximate surface area is 171 Å². The highest BCUT2D eigenvalue weighted by Gasteiger charge is 2.55. The van der Waals surface area contributed by atoms with Gasteiger partial charge in [-0.25, -0.2) is 4.98 Å². The van der Waals surface area contributed by atoms with Crippen LogP contribution in [0, 0.1) is 11.3 Å². The van der Waals surface area contributed by atoms with E-state index in [9.17, 15) is 9.59 Å². The molecule has 3 aliphatic rings. The second-order valence-electron chi connectivity index (χ2n) is 8.20. The Hall–Kier alpha value is -2.19. The molecule has 4 rings (SSSR count). The first kappa shape index (κ1) is 20.1. The van der Waals surface area contributed by atoms with Gasteiger partial charge in [-0.15, -0.1) is 0 Å². The van der Waals surface area contributed by atoms with E-state index < -0.39 is 5.41 Å². The number of carbonyl (C=O) groups is 2. The molecule has 3 aliphatic heterocycles. The fourth-order valence-electron chi connectivity index (χ4n) is 5.02. The van der Waals surface area contributed by atoms with Gasteiger partial charge in [0.05, 0.1) is 18.6 Å². The van der Waals surface area contributed by atoms with Crippen molar-refractivity contribution in [3.8, 4) is 0 Å². The highest BCUT2D eigenvalue weighted by molar-refractivity contribution is 5.85. The van der Waals surface area contributed by atoms with Crippen molar-refractivity contribution in [3.63, 3.8) is 0 Å². The van der Waals surface area contributed by atoms with Gasteiger partial charge in [-0.3, -0.25) is 9.59 Å². The van der Waals surface area contributed by atoms with E-state index in [1.165, 1.54) is 0 Å². The van der Waals surface area contributed by atoms with Gasteiger partial charge in [-0.2, -0.15) is 0 Å². The molecule has 0 saturated carbocycles. The largest absolute Gasteiger partial charge is 0.378 e. The van der Waals surface area contributed by atoms with Crippen LogP contribution in [0.4, 0.5) is 5.82 Å². The normalized spacial score (nSPS) is 27.5. The molecule has 1 aromatic rings. The highest BCUT2D eigenvalue weighted by atomic mass is 16.5. The summed E-state index contributed by atoms with van der Waals surface area (Å²) < 4.78 is 10.5. The molecule has 2 atom stereocenters. The zero-order valence-electron chi connectivity index (χ0n) is 17.1. The zero-order valence-corrected chi connectivity index (χ0v) is 17.1. The van der Waals surface area contributed by atoms with Crippen LogP contribution in [0.15, 0.2) is 24.4 Å². The number of amides is 2. The van der Waals surface area contributed by atoms with Gasteiger partial charge in [0.2, 0.25) is 11.8 Å². The third-order valence-electron chi connectivity index (χ3n) is 6.50. The van der Waals surface area contributed by atoms with Crippen molar-refractivity contribution in [1.29, 1.82) is 0 Å². The molecule has 8 heteroatoms. The molecule has 3 saturated heterocycles. The van der Waals surface area contributed by atoms with Crippen LogP contribution in [-0.4, -0.2) is 92.8 Å². The van der Waals surface area contributed by atoms with Gasteiger partial charge in [0.25, 0.3) is 0 Å². The van der Waals surface area contributed by atoms with Crippen molar-refractivity contribution in [2.75, 3.05) is 71.1 Å². The van der Waals surface area contributed by atoms with E-state index in [0.717, 1.165) is 25.2 Å². The number of ether oxygens (including phenoxy) is 2. The van der Waals surface area contributed by atoms with Crippen LogP contribution in [-0.2, 0) is 19.1 Å². The summed E-state index contributed by atoms with van der Waals surface area (Å²) in [6.07, 6.45) is 3.39. The van der Waals surface area contributed by atoms with Crippen molar-refractivity contribution in [2.24, 2.45) is 11.3 Å². The van der Waals surface area contributed by atoms with Crippen LogP contribution in [0.3, 0.4) is 0 Å². The number of nitrogens with zero attached hydrogens (tertiary/aromatic N) is 4. The molecule has 29 heavy (non-hydrogen) atoms. The van der Waals surface area contributed by atoms with E-state index in [4.69, 9.17) is 9.47 Å². The van der Waals surface area contributed by atoms with Crippen LogP contribution in [0.2, 0.25) is 0 Å². The van der Waals surface area contributed by atoms with Gasteiger partial charge >= 0.3 is 0 Å². The highest BCUT2D eigenvalue weighted by Crippen LogP contribution is 2.45. The summed E-state index contributed by atoms with van der Waals surface area (Å²) >= 11 is 0. The second-order valence-corrected chi connectivity index (χ2v) is 8.20. The fraction of sp³-hybridized carbons (Fsp3) is 0.667. The lowest BCUT2D eigenvalue weighted by atomic mass is 9.73. The average Bonchev–Trinajstić information content (AvgIpc) is 3.03. The topological polar surface area (TPSA) is 75.2 Å². The minimum atomic E-state index is -0.489. The Morgan fingerprint density at radius 2 is 2.03 bits per heavy atom. The molecule has 3 fully saturated rings. The van der Waals surface area contributed by atoms with Crippen LogP contribution < -0.4 is 4.90 Å². The molecule has 4 heterocycles. The number of carbonyl (C=O) groups excluding carboxylic acids is 2. The molecule has 158 valence electrons. The van der Waals surface area contributed by atoms with Gasteiger partial charge < -0.3 is 24.2 Å². The second kappa shape index (κ2) is 8.67. The molecule has 1 aromatic heterocycles. The number of pyridine rings is 1. The molecule has 0 aliphatic carbocycles. The van der Waals surface area contributed by atoms with Gasteiger partial charge in [0.1, 0.15) is 12.4 Å². The minimum absolute atomic E-state index is 0.00147. The maximum absolute atomic E-state index is 13.8. The molecular weight excluding hydrogens is 372 g/mol. The molecular formula is C21H30N4O4. The summed E-state index contributed by atoms with van der Waals surface area (Å²) in [4.78, 5) is 36.9. The number of likely N-dealkylation sites (tertiary alicyclic amines) is 1. The maximum Gasteiger partial charge on any atom is 0.248 e. The molecule has 0 radical (unpaired) electrons.